The van der Waals surface area contributed by atoms with Crippen LogP contribution in [0.2, 0.25) is 0 Å². The Morgan fingerprint density at radius 1 is 1.15 bits per heavy atom. The first kappa shape index (κ1) is 18.4. The highest BCUT2D eigenvalue weighted by Crippen LogP contribution is 2.38. The van der Waals surface area contributed by atoms with Crippen LogP contribution < -0.4 is 5.32 Å². The molecule has 5 nitrogen and oxygen atoms in total. The van der Waals surface area contributed by atoms with Gasteiger partial charge in [-0.15, -0.1) is 10.2 Å². The van der Waals surface area contributed by atoms with Gasteiger partial charge in [-0.2, -0.15) is 13.2 Å². The van der Waals surface area contributed by atoms with Crippen LogP contribution in [0.1, 0.15) is 36.8 Å². The molecule has 3 rings (SSSR count). The smallest absolute Gasteiger partial charge is 0.416 e. The Labute approximate surface area is 148 Å². The number of aromatic hydroxyl groups is 1. The van der Waals surface area contributed by atoms with Crippen LogP contribution in [-0.4, -0.2) is 32.6 Å². The number of benzene rings is 1. The van der Waals surface area contributed by atoms with E-state index in [0.717, 1.165) is 25.3 Å². The van der Waals surface area contributed by atoms with Crippen LogP contribution >= 0.6 is 0 Å². The second-order valence-electron chi connectivity index (χ2n) is 6.65. The Morgan fingerprint density at radius 3 is 2.50 bits per heavy atom. The number of nitrogens with one attached hydrogen (secondary N) is 1. The van der Waals surface area contributed by atoms with Crippen LogP contribution in [0.4, 0.5) is 19.0 Å². The number of phenolic OH excluding ortho intramolecular Hbond substituents is 1. The van der Waals surface area contributed by atoms with Gasteiger partial charge in [0.2, 0.25) is 0 Å². The third-order valence-electron chi connectivity index (χ3n) is 4.56. The fourth-order valence-corrected chi connectivity index (χ4v) is 3.31. The van der Waals surface area contributed by atoms with Crippen molar-refractivity contribution in [2.45, 2.75) is 50.9 Å². The Bertz CT molecular complexity index is 755. The predicted molar refractivity (Wildman–Crippen MR) is 90.8 cm³/mol. The first-order chi connectivity index (χ1) is 12.2. The number of aromatic nitrogens is 2. The molecule has 1 aliphatic rings. The third-order valence-corrected chi connectivity index (χ3v) is 4.56. The summed E-state index contributed by atoms with van der Waals surface area (Å²) >= 11 is 0. The number of nitrogens with zero attached hydrogens (tertiary/aromatic N) is 2. The molecule has 3 N–H and O–H groups in total. The van der Waals surface area contributed by atoms with Crippen molar-refractivity contribution in [2.24, 2.45) is 0 Å². The van der Waals surface area contributed by atoms with Gasteiger partial charge in [-0.1, -0.05) is 0 Å². The molecule has 0 aliphatic heterocycles. The highest BCUT2D eigenvalue weighted by molar-refractivity contribution is 5.71. The van der Waals surface area contributed by atoms with E-state index in [1.165, 1.54) is 6.92 Å². The van der Waals surface area contributed by atoms with E-state index in [4.69, 9.17) is 0 Å². The maximum absolute atomic E-state index is 12.8. The van der Waals surface area contributed by atoms with E-state index in [1.54, 1.807) is 12.1 Å². The van der Waals surface area contributed by atoms with E-state index >= 15 is 0 Å². The van der Waals surface area contributed by atoms with Gasteiger partial charge >= 0.3 is 6.18 Å². The van der Waals surface area contributed by atoms with Crippen LogP contribution in [0.5, 0.6) is 5.75 Å². The summed E-state index contributed by atoms with van der Waals surface area (Å²) in [5.41, 5.74) is -0.116. The molecule has 0 amide bonds. The maximum atomic E-state index is 12.8. The number of rotatable bonds is 3. The van der Waals surface area contributed by atoms with Gasteiger partial charge in [-0.05, 0) is 62.4 Å². The lowest BCUT2D eigenvalue weighted by molar-refractivity contribution is -0.137. The fourth-order valence-electron chi connectivity index (χ4n) is 3.31. The zero-order valence-electron chi connectivity index (χ0n) is 14.2. The minimum atomic E-state index is -4.52. The van der Waals surface area contributed by atoms with Gasteiger partial charge in [-0.25, -0.2) is 0 Å². The molecule has 1 fully saturated rings. The quantitative estimate of drug-likeness (QED) is 0.767. The summed E-state index contributed by atoms with van der Waals surface area (Å²) < 4.78 is 38.5. The molecule has 1 aromatic heterocycles. The van der Waals surface area contributed by atoms with E-state index in [-0.39, 0.29) is 23.3 Å². The molecule has 2 unspecified atom stereocenters. The van der Waals surface area contributed by atoms with E-state index < -0.39 is 17.5 Å². The van der Waals surface area contributed by atoms with Gasteiger partial charge in [0.05, 0.1) is 17.4 Å². The minimum Gasteiger partial charge on any atom is -0.507 e. The van der Waals surface area contributed by atoms with E-state index in [9.17, 15) is 23.4 Å². The lowest BCUT2D eigenvalue weighted by Crippen LogP contribution is -2.30. The zero-order chi connectivity index (χ0) is 18.9. The first-order valence-corrected chi connectivity index (χ1v) is 8.43. The summed E-state index contributed by atoms with van der Waals surface area (Å²) in [6, 6.07) is 5.05. The molecule has 1 aromatic carbocycles. The van der Waals surface area contributed by atoms with Crippen molar-refractivity contribution in [1.82, 2.24) is 10.2 Å². The second-order valence-corrected chi connectivity index (χ2v) is 6.65. The van der Waals surface area contributed by atoms with Crippen LogP contribution in [0, 0.1) is 6.92 Å². The summed E-state index contributed by atoms with van der Waals surface area (Å²) in [7, 11) is 0. The van der Waals surface area contributed by atoms with Crippen LogP contribution in [0.15, 0.2) is 24.3 Å². The van der Waals surface area contributed by atoms with Crippen LogP contribution in [0.25, 0.3) is 11.3 Å². The van der Waals surface area contributed by atoms with Gasteiger partial charge in [-0.3, -0.25) is 0 Å². The molecule has 1 heterocycles. The summed E-state index contributed by atoms with van der Waals surface area (Å²) in [6.45, 7) is 1.49. The normalized spacial score (nSPS) is 20.8. The van der Waals surface area contributed by atoms with Crippen molar-refractivity contribution in [1.29, 1.82) is 0 Å². The average molecular weight is 367 g/mol. The third kappa shape index (κ3) is 4.07. The number of aliphatic hydroxyl groups excluding tert-OH is 1. The molecular weight excluding hydrogens is 347 g/mol. The van der Waals surface area contributed by atoms with Crippen LogP contribution in [0.3, 0.4) is 0 Å². The largest absolute Gasteiger partial charge is 0.507 e. The van der Waals surface area contributed by atoms with Crippen molar-refractivity contribution in [3.63, 3.8) is 0 Å². The lowest BCUT2D eigenvalue weighted by Gasteiger charge is -2.26. The summed E-state index contributed by atoms with van der Waals surface area (Å²) in [5.74, 6) is 0.0413. The molecule has 1 aliphatic carbocycles. The molecule has 0 saturated heterocycles. The number of anilines is 1. The average Bonchev–Trinajstić information content (AvgIpc) is 2.55. The molecule has 1 saturated carbocycles. The number of phenols is 1. The summed E-state index contributed by atoms with van der Waals surface area (Å²) in [6.07, 6.45) is -1.54. The first-order valence-electron chi connectivity index (χ1n) is 8.43. The number of alkyl halides is 3. The Hall–Kier alpha value is -2.35. The SMILES string of the molecule is Cc1cc(C(F)(F)F)cc(O)c1-c1ccc(NC2CCCC(O)C2)nn1. The molecule has 26 heavy (non-hydrogen) atoms. The van der Waals surface area contributed by atoms with Crippen molar-refractivity contribution in [3.8, 4) is 17.0 Å². The van der Waals surface area contributed by atoms with Crippen molar-refractivity contribution >= 4 is 5.82 Å². The zero-order valence-corrected chi connectivity index (χ0v) is 14.2. The standard InChI is InChI=1S/C18H20F3N3O2/c1-10-7-11(18(19,20)21)8-15(26)17(10)14-5-6-16(24-23-14)22-12-3-2-4-13(25)9-12/h5-8,12-13,25-26H,2-4,9H2,1H3,(H,22,24). The molecule has 140 valence electrons. The number of aryl methyl sites for hydroxylation is 1. The van der Waals surface area contributed by atoms with E-state index in [1.807, 2.05) is 0 Å². The molecule has 8 heteroatoms. The van der Waals surface area contributed by atoms with Gasteiger partial charge in [0.25, 0.3) is 0 Å². The molecular formula is C18H20F3N3O2. The van der Waals surface area contributed by atoms with Crippen molar-refractivity contribution in [2.75, 3.05) is 5.32 Å². The second kappa shape index (κ2) is 7.11. The molecule has 2 atom stereocenters. The Kier molecular flexibility index (Phi) is 5.04. The summed E-state index contributed by atoms with van der Waals surface area (Å²) in [5, 5.41) is 31.0. The van der Waals surface area contributed by atoms with Crippen molar-refractivity contribution < 1.29 is 23.4 Å². The predicted octanol–water partition coefficient (Wildman–Crippen LogP) is 3.89. The number of aliphatic hydroxyl groups is 1. The number of hydrogen-bond acceptors (Lipinski definition) is 5. The highest BCUT2D eigenvalue weighted by atomic mass is 19.4. The number of hydrogen-bond donors (Lipinski definition) is 3. The van der Waals surface area contributed by atoms with Gasteiger partial charge in [0.15, 0.2) is 0 Å². The molecule has 0 spiro atoms. The minimum absolute atomic E-state index is 0.111. The van der Waals surface area contributed by atoms with Gasteiger partial charge < -0.3 is 15.5 Å². The topological polar surface area (TPSA) is 78.3 Å². The van der Waals surface area contributed by atoms with Gasteiger partial charge in [0.1, 0.15) is 11.6 Å². The van der Waals surface area contributed by atoms with Gasteiger partial charge in [0, 0.05) is 11.6 Å². The maximum Gasteiger partial charge on any atom is 0.416 e. The molecule has 0 bridgehead atoms. The van der Waals surface area contributed by atoms with Crippen molar-refractivity contribution in [3.05, 3.63) is 35.4 Å². The lowest BCUT2D eigenvalue weighted by atomic mass is 9.93. The number of halogens is 3. The van der Waals surface area contributed by atoms with E-state index in [0.29, 0.717) is 24.0 Å². The highest BCUT2D eigenvalue weighted by Gasteiger charge is 2.32. The Morgan fingerprint density at radius 2 is 1.92 bits per heavy atom. The van der Waals surface area contributed by atoms with Crippen LogP contribution in [-0.2, 0) is 6.18 Å². The monoisotopic (exact) mass is 367 g/mol. The summed E-state index contributed by atoms with van der Waals surface area (Å²) in [4.78, 5) is 0. The Balaban J connectivity index is 1.80. The molecule has 0 radical (unpaired) electrons. The fraction of sp³-hybridized carbons (Fsp3) is 0.444. The van der Waals surface area contributed by atoms with E-state index in [2.05, 4.69) is 15.5 Å². The molecule has 2 aromatic rings.